The van der Waals surface area contributed by atoms with Crippen LogP contribution in [0.4, 0.5) is 11.4 Å². The monoisotopic (exact) mass is 379 g/mol. The smallest absolute Gasteiger partial charge is 0.134 e. The zero-order valence-electron chi connectivity index (χ0n) is 18.3. The molecule has 0 unspecified atom stereocenters. The summed E-state index contributed by atoms with van der Waals surface area (Å²) in [6.45, 7) is 13.5. The number of hydrogen-bond acceptors (Lipinski definition) is 0. The summed E-state index contributed by atoms with van der Waals surface area (Å²) < 4.78 is 0. The van der Waals surface area contributed by atoms with E-state index in [0.29, 0.717) is 0 Å². The molecular weight excluding hydrogens is 350 g/mol. The molecule has 0 atom stereocenters. The summed E-state index contributed by atoms with van der Waals surface area (Å²) in [5.74, 6) is 0. The maximum Gasteiger partial charge on any atom is 0.134 e. The van der Waals surface area contributed by atoms with Gasteiger partial charge in [0.25, 0.3) is 0 Å². The van der Waals surface area contributed by atoms with Crippen LogP contribution in [0.1, 0.15) is 69.4 Å². The molecule has 0 spiro atoms. The van der Waals surface area contributed by atoms with Gasteiger partial charge in [0.15, 0.2) is 0 Å². The highest BCUT2D eigenvalue weighted by molar-refractivity contribution is 5.99. The van der Waals surface area contributed by atoms with Crippen LogP contribution in [-0.4, -0.2) is 0 Å². The fourth-order valence-corrected chi connectivity index (χ4v) is 3.68. The fraction of sp³-hybridized carbons (Fsp3) is 0.286. The van der Waals surface area contributed by atoms with Gasteiger partial charge in [-0.25, -0.2) is 0 Å². The topological polar surface area (TPSA) is 14.1 Å². The van der Waals surface area contributed by atoms with Crippen LogP contribution in [0.25, 0.3) is 10.9 Å². The Bertz CT molecular complexity index is 1010. The van der Waals surface area contributed by atoms with E-state index in [4.69, 9.17) is 5.32 Å². The molecule has 0 amide bonds. The van der Waals surface area contributed by atoms with Gasteiger partial charge in [-0.05, 0) is 52.3 Å². The minimum absolute atomic E-state index is 0.0838. The molecule has 0 saturated heterocycles. The SMILES string of the molecule is CC(C)(C)c1ccc2c(c1)C(=[C+]c1ccccc1)c1cc(C(C)(C)C)ccc1[N-]2. The normalized spacial score (nSPS) is 13.2. The van der Waals surface area contributed by atoms with E-state index < -0.39 is 0 Å². The predicted molar refractivity (Wildman–Crippen MR) is 124 cm³/mol. The largest absolute Gasteiger partial charge is 0.643 e. The number of hydrogen-bond donors (Lipinski definition) is 0. The van der Waals surface area contributed by atoms with Crippen LogP contribution in [0.2, 0.25) is 0 Å². The Kier molecular flexibility index (Phi) is 4.60. The predicted octanol–water partition coefficient (Wildman–Crippen LogP) is 8.22. The van der Waals surface area contributed by atoms with Gasteiger partial charge in [0.2, 0.25) is 0 Å². The summed E-state index contributed by atoms with van der Waals surface area (Å²) in [6.07, 6.45) is 3.71. The highest BCUT2D eigenvalue weighted by Gasteiger charge is 2.25. The second-order valence-corrected chi connectivity index (χ2v) is 9.94. The summed E-state index contributed by atoms with van der Waals surface area (Å²) in [4.78, 5) is 0. The van der Waals surface area contributed by atoms with Gasteiger partial charge in [0.05, 0.1) is 0 Å². The lowest BCUT2D eigenvalue weighted by Crippen LogP contribution is -2.13. The van der Waals surface area contributed by atoms with E-state index in [1.807, 2.05) is 6.07 Å². The molecule has 0 radical (unpaired) electrons. The molecule has 1 nitrogen and oxygen atoms in total. The first-order valence-electron chi connectivity index (χ1n) is 10.3. The Morgan fingerprint density at radius 2 is 1.10 bits per heavy atom. The second kappa shape index (κ2) is 6.87. The van der Waals surface area contributed by atoms with E-state index in [1.165, 1.54) is 22.3 Å². The lowest BCUT2D eigenvalue weighted by molar-refractivity contribution is 0.590. The number of fused-ring (bicyclic) bond motifs is 2. The fourth-order valence-electron chi connectivity index (χ4n) is 3.68. The van der Waals surface area contributed by atoms with Crippen molar-refractivity contribution in [1.82, 2.24) is 0 Å². The summed E-state index contributed by atoms with van der Waals surface area (Å²) in [7, 11) is 0. The number of benzene rings is 3. The van der Waals surface area contributed by atoms with Gasteiger partial charge in [0, 0.05) is 29.3 Å². The molecule has 4 rings (SSSR count). The third kappa shape index (κ3) is 3.84. The average molecular weight is 380 g/mol. The van der Waals surface area contributed by atoms with Crippen molar-refractivity contribution in [3.05, 3.63) is 106 Å². The van der Waals surface area contributed by atoms with Crippen molar-refractivity contribution in [1.29, 1.82) is 0 Å². The number of rotatable bonds is 1. The second-order valence-electron chi connectivity index (χ2n) is 9.94. The molecular formula is C28H29N. The molecule has 1 aliphatic heterocycles. The van der Waals surface area contributed by atoms with Crippen molar-refractivity contribution in [2.45, 2.75) is 52.4 Å². The molecule has 3 aromatic carbocycles. The molecule has 0 N–H and O–H groups in total. The maximum absolute atomic E-state index is 4.99. The zero-order valence-corrected chi connectivity index (χ0v) is 18.3. The van der Waals surface area contributed by atoms with E-state index in [0.717, 1.165) is 22.5 Å². The van der Waals surface area contributed by atoms with Crippen LogP contribution in [0, 0.1) is 6.08 Å². The van der Waals surface area contributed by atoms with Crippen molar-refractivity contribution in [3.8, 4) is 0 Å². The quantitative estimate of drug-likeness (QED) is 0.296. The minimum atomic E-state index is 0.0838. The van der Waals surface area contributed by atoms with Gasteiger partial charge >= 0.3 is 0 Å². The van der Waals surface area contributed by atoms with Crippen LogP contribution >= 0.6 is 0 Å². The van der Waals surface area contributed by atoms with E-state index in [2.05, 4.69) is 108 Å². The van der Waals surface area contributed by atoms with Gasteiger partial charge < -0.3 is 5.32 Å². The summed E-state index contributed by atoms with van der Waals surface area (Å²) >= 11 is 0. The highest BCUT2D eigenvalue weighted by Crippen LogP contribution is 2.50. The standard InChI is InChI=1S/C28H29N/c1-27(2,3)20-12-14-25-23(17-20)22(16-19-10-8-7-9-11-19)24-18-21(28(4,5)6)13-15-26(24)29-25/h7-15,17-18H,1-6H3. The Balaban J connectivity index is 1.97. The van der Waals surface area contributed by atoms with E-state index in [-0.39, 0.29) is 10.8 Å². The molecule has 3 aromatic rings. The third-order valence-corrected chi connectivity index (χ3v) is 5.55. The Morgan fingerprint density at radius 3 is 1.55 bits per heavy atom. The zero-order chi connectivity index (χ0) is 20.8. The first kappa shape index (κ1) is 19.4. The lowest BCUT2D eigenvalue weighted by atomic mass is 9.80. The van der Waals surface area contributed by atoms with Gasteiger partial charge in [-0.2, -0.15) is 0 Å². The van der Waals surface area contributed by atoms with Crippen LogP contribution in [-0.2, 0) is 10.8 Å². The first-order valence-corrected chi connectivity index (χ1v) is 10.3. The Labute approximate surface area is 175 Å². The van der Waals surface area contributed by atoms with Gasteiger partial charge in [-0.15, -0.1) is 0 Å². The van der Waals surface area contributed by atoms with Crippen molar-refractivity contribution in [3.63, 3.8) is 0 Å². The van der Waals surface area contributed by atoms with Crippen LogP contribution in [0.3, 0.4) is 0 Å². The molecule has 1 heterocycles. The van der Waals surface area contributed by atoms with Gasteiger partial charge in [-0.3, -0.25) is 0 Å². The van der Waals surface area contributed by atoms with Crippen LogP contribution in [0.15, 0.2) is 66.7 Å². The van der Waals surface area contributed by atoms with Crippen LogP contribution < -0.4 is 0 Å². The molecule has 0 aliphatic carbocycles. The van der Waals surface area contributed by atoms with E-state index in [1.54, 1.807) is 0 Å². The summed E-state index contributed by atoms with van der Waals surface area (Å²) in [5.41, 5.74) is 9.39. The molecule has 0 fully saturated rings. The third-order valence-electron chi connectivity index (χ3n) is 5.55. The first-order chi connectivity index (χ1) is 13.6. The highest BCUT2D eigenvalue weighted by atomic mass is 14.9. The minimum Gasteiger partial charge on any atom is -0.643 e. The van der Waals surface area contributed by atoms with E-state index in [9.17, 15) is 0 Å². The average Bonchev–Trinajstić information content (AvgIpc) is 2.66. The summed E-state index contributed by atoms with van der Waals surface area (Å²) in [6, 6.07) is 23.7. The summed E-state index contributed by atoms with van der Waals surface area (Å²) in [5, 5.41) is 4.99. The van der Waals surface area contributed by atoms with Crippen molar-refractivity contribution < 1.29 is 0 Å². The lowest BCUT2D eigenvalue weighted by Gasteiger charge is -2.34. The molecule has 1 heteroatoms. The Morgan fingerprint density at radius 1 is 0.621 bits per heavy atom. The molecule has 0 saturated carbocycles. The molecule has 146 valence electrons. The molecule has 29 heavy (non-hydrogen) atoms. The molecule has 0 bridgehead atoms. The number of nitrogens with zero attached hydrogens (tertiary/aromatic N) is 1. The van der Waals surface area contributed by atoms with Gasteiger partial charge in [-0.1, -0.05) is 77.2 Å². The maximum atomic E-state index is 4.99. The van der Waals surface area contributed by atoms with E-state index >= 15 is 0 Å². The van der Waals surface area contributed by atoms with Gasteiger partial charge in [0.1, 0.15) is 11.1 Å². The van der Waals surface area contributed by atoms with Crippen LogP contribution in [0.5, 0.6) is 0 Å². The molecule has 0 aromatic heterocycles. The van der Waals surface area contributed by atoms with Crippen molar-refractivity contribution >= 4 is 16.9 Å². The van der Waals surface area contributed by atoms with Crippen molar-refractivity contribution in [2.24, 2.45) is 0 Å². The van der Waals surface area contributed by atoms with Crippen molar-refractivity contribution in [2.75, 3.05) is 0 Å². The molecule has 1 aliphatic rings. The Hall–Kier alpha value is -2.89.